The number of aliphatic carboxylic acids is 1. The van der Waals surface area contributed by atoms with Crippen molar-refractivity contribution in [2.75, 3.05) is 7.05 Å². The third-order valence-electron chi connectivity index (χ3n) is 1.35. The van der Waals surface area contributed by atoms with Gasteiger partial charge in [0.05, 0.1) is 0 Å². The Morgan fingerprint density at radius 1 is 1.62 bits per heavy atom. The number of rotatable bonds is 4. The van der Waals surface area contributed by atoms with Gasteiger partial charge in [0.2, 0.25) is 6.08 Å². The Bertz CT molecular complexity index is 174. The van der Waals surface area contributed by atoms with Crippen LogP contribution in [0.4, 0.5) is 0 Å². The predicted molar refractivity (Wildman–Crippen MR) is 48.4 cm³/mol. The van der Waals surface area contributed by atoms with E-state index in [1.165, 1.54) is 0 Å². The van der Waals surface area contributed by atoms with Crippen molar-refractivity contribution in [3.63, 3.8) is 0 Å². The van der Waals surface area contributed by atoms with Crippen LogP contribution >= 0.6 is 0 Å². The third-order valence-corrected chi connectivity index (χ3v) is 1.35. The number of carbonyl (C=O) groups excluding carboxylic acids is 1. The van der Waals surface area contributed by atoms with E-state index in [1.807, 2.05) is 13.8 Å². The zero-order valence-corrected chi connectivity index (χ0v) is 8.13. The molecular formula is C8H16N2O3. The van der Waals surface area contributed by atoms with Gasteiger partial charge in [-0.1, -0.05) is 13.8 Å². The molecule has 76 valence electrons. The van der Waals surface area contributed by atoms with E-state index in [4.69, 9.17) is 15.3 Å². The molecular weight excluding hydrogens is 172 g/mol. The zero-order valence-electron chi connectivity index (χ0n) is 8.13. The molecule has 0 aromatic carbocycles. The van der Waals surface area contributed by atoms with E-state index < -0.39 is 5.97 Å². The van der Waals surface area contributed by atoms with E-state index in [-0.39, 0.29) is 6.04 Å². The molecule has 3 N–H and O–H groups in total. The topological polar surface area (TPSA) is 90.2 Å². The molecule has 0 saturated carbocycles. The predicted octanol–water partition coefficient (Wildman–Crippen LogP) is 0.606. The Hall–Kier alpha value is -1.19. The fraction of sp³-hybridized carbons (Fsp3) is 0.750. The lowest BCUT2D eigenvalue weighted by atomic mass is 10.0. The summed E-state index contributed by atoms with van der Waals surface area (Å²) in [5.41, 5.74) is 0. The summed E-state index contributed by atoms with van der Waals surface area (Å²) in [6.45, 7) is 4.01. The van der Waals surface area contributed by atoms with Crippen LogP contribution in [0.3, 0.4) is 0 Å². The Kier molecular flexibility index (Phi) is 9.82. The molecule has 5 nitrogen and oxygen atoms in total. The lowest BCUT2D eigenvalue weighted by Gasteiger charge is -2.12. The Morgan fingerprint density at radius 2 is 2.00 bits per heavy atom. The molecule has 0 aliphatic heterocycles. The summed E-state index contributed by atoms with van der Waals surface area (Å²) in [6.07, 6.45) is 1.44. The largest absolute Gasteiger partial charge is 0.480 e. The number of hydrogen-bond acceptors (Lipinski definition) is 4. The molecule has 0 aromatic heterocycles. The van der Waals surface area contributed by atoms with Gasteiger partial charge in [0.1, 0.15) is 6.04 Å². The fourth-order valence-electron chi connectivity index (χ4n) is 0.814. The SMILES string of the molecule is CNC(CC(C)C)C(=O)O.N=C=O. The Morgan fingerprint density at radius 3 is 2.08 bits per heavy atom. The Labute approximate surface area is 77.7 Å². The minimum Gasteiger partial charge on any atom is -0.480 e. The molecule has 0 bridgehead atoms. The van der Waals surface area contributed by atoms with Crippen molar-refractivity contribution in [3.05, 3.63) is 0 Å². The molecule has 0 rings (SSSR count). The second kappa shape index (κ2) is 8.90. The van der Waals surface area contributed by atoms with Gasteiger partial charge in [0.15, 0.2) is 0 Å². The van der Waals surface area contributed by atoms with E-state index in [9.17, 15) is 4.79 Å². The van der Waals surface area contributed by atoms with Crippen LogP contribution in [-0.4, -0.2) is 30.2 Å². The van der Waals surface area contributed by atoms with Crippen LogP contribution in [0.2, 0.25) is 0 Å². The third kappa shape index (κ3) is 10.8. The maximum absolute atomic E-state index is 10.4. The first-order chi connectivity index (χ1) is 5.99. The highest BCUT2D eigenvalue weighted by molar-refractivity contribution is 5.73. The second-order valence-corrected chi connectivity index (χ2v) is 2.91. The molecule has 0 saturated heterocycles. The average molecular weight is 188 g/mol. The van der Waals surface area contributed by atoms with Crippen LogP contribution in [0, 0.1) is 11.3 Å². The van der Waals surface area contributed by atoms with Gasteiger partial charge in [-0.15, -0.1) is 0 Å². The summed E-state index contributed by atoms with van der Waals surface area (Å²) in [4.78, 5) is 18.8. The maximum Gasteiger partial charge on any atom is 0.320 e. The molecule has 13 heavy (non-hydrogen) atoms. The monoisotopic (exact) mass is 188 g/mol. The van der Waals surface area contributed by atoms with Gasteiger partial charge in [-0.3, -0.25) is 4.79 Å². The van der Waals surface area contributed by atoms with Crippen molar-refractivity contribution in [3.8, 4) is 0 Å². The van der Waals surface area contributed by atoms with E-state index in [0.717, 1.165) is 6.08 Å². The number of likely N-dealkylation sites (N-methyl/N-ethyl adjacent to an activating group) is 1. The second-order valence-electron chi connectivity index (χ2n) is 2.91. The molecule has 5 heteroatoms. The lowest BCUT2D eigenvalue weighted by molar-refractivity contribution is -0.139. The van der Waals surface area contributed by atoms with Crippen LogP contribution in [0.15, 0.2) is 0 Å². The highest BCUT2D eigenvalue weighted by atomic mass is 16.4. The van der Waals surface area contributed by atoms with Crippen molar-refractivity contribution in [1.29, 1.82) is 5.41 Å². The molecule has 0 aromatic rings. The summed E-state index contributed by atoms with van der Waals surface area (Å²) in [5, 5.41) is 16.7. The summed E-state index contributed by atoms with van der Waals surface area (Å²) in [5.74, 6) is -0.343. The molecule has 0 amide bonds. The van der Waals surface area contributed by atoms with Crippen LogP contribution < -0.4 is 5.32 Å². The van der Waals surface area contributed by atoms with Crippen LogP contribution in [-0.2, 0) is 9.59 Å². The first-order valence-electron chi connectivity index (χ1n) is 3.93. The van der Waals surface area contributed by atoms with Crippen LogP contribution in [0.25, 0.3) is 0 Å². The Balaban J connectivity index is 0. The van der Waals surface area contributed by atoms with E-state index >= 15 is 0 Å². The number of carboxylic acids is 1. The van der Waals surface area contributed by atoms with Gasteiger partial charge >= 0.3 is 5.97 Å². The van der Waals surface area contributed by atoms with Crippen LogP contribution in [0.1, 0.15) is 20.3 Å². The first-order valence-corrected chi connectivity index (χ1v) is 3.93. The molecule has 0 spiro atoms. The normalized spacial score (nSPS) is 11.1. The summed E-state index contributed by atoms with van der Waals surface area (Å²) in [7, 11) is 1.67. The van der Waals surface area contributed by atoms with Gasteiger partial charge in [-0.2, -0.15) is 0 Å². The molecule has 1 unspecified atom stereocenters. The minimum atomic E-state index is -0.767. The standard InChI is InChI=1S/C7H15NO2.CHNO/c1-5(2)4-6(8-3)7(9)10;2-1-3/h5-6,8H,4H2,1-3H3,(H,9,10);2H. The van der Waals surface area contributed by atoms with Crippen molar-refractivity contribution < 1.29 is 14.7 Å². The number of hydrogen-bond donors (Lipinski definition) is 3. The van der Waals surface area contributed by atoms with E-state index in [1.54, 1.807) is 7.05 Å². The molecule has 0 heterocycles. The van der Waals surface area contributed by atoms with Gasteiger partial charge in [0.25, 0.3) is 0 Å². The zero-order chi connectivity index (χ0) is 10.9. The van der Waals surface area contributed by atoms with Crippen molar-refractivity contribution >= 4 is 12.0 Å². The average Bonchev–Trinajstić information content (AvgIpc) is 2.00. The number of isocyanates is 1. The first kappa shape index (κ1) is 14.3. The smallest absolute Gasteiger partial charge is 0.320 e. The van der Waals surface area contributed by atoms with Gasteiger partial charge < -0.3 is 10.4 Å². The highest BCUT2D eigenvalue weighted by Gasteiger charge is 2.15. The number of carbonyl (C=O) groups is 1. The fourth-order valence-corrected chi connectivity index (χ4v) is 0.814. The quantitative estimate of drug-likeness (QED) is 0.445. The summed E-state index contributed by atoms with van der Waals surface area (Å²) in [6, 6.07) is -0.389. The van der Waals surface area contributed by atoms with Gasteiger partial charge in [-0.25, -0.2) is 10.2 Å². The number of nitrogens with one attached hydrogen (secondary N) is 2. The summed E-state index contributed by atoms with van der Waals surface area (Å²) < 4.78 is 0. The molecule has 1 atom stereocenters. The van der Waals surface area contributed by atoms with Crippen molar-refractivity contribution in [2.24, 2.45) is 5.92 Å². The lowest BCUT2D eigenvalue weighted by Crippen LogP contribution is -2.34. The van der Waals surface area contributed by atoms with E-state index in [2.05, 4.69) is 5.32 Å². The molecule has 0 radical (unpaired) electrons. The minimum absolute atomic E-state index is 0.389. The van der Waals surface area contributed by atoms with Gasteiger partial charge in [-0.05, 0) is 19.4 Å². The molecule has 0 fully saturated rings. The van der Waals surface area contributed by atoms with Crippen molar-refractivity contribution in [2.45, 2.75) is 26.3 Å². The van der Waals surface area contributed by atoms with Crippen molar-refractivity contribution in [1.82, 2.24) is 5.32 Å². The van der Waals surface area contributed by atoms with Crippen LogP contribution in [0.5, 0.6) is 0 Å². The molecule has 0 aliphatic carbocycles. The summed E-state index contributed by atoms with van der Waals surface area (Å²) >= 11 is 0. The van der Waals surface area contributed by atoms with Gasteiger partial charge in [0, 0.05) is 0 Å². The number of carboxylic acid groups (broad SMARTS) is 1. The molecule has 0 aliphatic rings. The highest BCUT2D eigenvalue weighted by Crippen LogP contribution is 2.03. The van der Waals surface area contributed by atoms with E-state index in [0.29, 0.717) is 12.3 Å². The maximum atomic E-state index is 10.4.